The van der Waals surface area contributed by atoms with E-state index in [2.05, 4.69) is 10.2 Å². The summed E-state index contributed by atoms with van der Waals surface area (Å²) in [6.45, 7) is 4.13. The van der Waals surface area contributed by atoms with E-state index in [1.165, 1.54) is 44.0 Å². The van der Waals surface area contributed by atoms with Crippen molar-refractivity contribution in [2.45, 2.75) is 50.7 Å². The minimum Gasteiger partial charge on any atom is -0.306 e. The Morgan fingerprint density at radius 1 is 1.15 bits per heavy atom. The molecule has 110 valence electrons. The lowest BCUT2D eigenvalue weighted by atomic mass is 9.97. The van der Waals surface area contributed by atoms with E-state index in [9.17, 15) is 8.78 Å². The minimum absolute atomic E-state index is 0.168. The number of nitrogens with zero attached hydrogens (tertiary/aromatic N) is 1. The van der Waals surface area contributed by atoms with Gasteiger partial charge in [-0.2, -0.15) is 0 Å². The fourth-order valence-electron chi connectivity index (χ4n) is 3.77. The van der Waals surface area contributed by atoms with Crippen LogP contribution in [0.2, 0.25) is 0 Å². The molecular formula is C16H22F2N2. The van der Waals surface area contributed by atoms with Crippen molar-refractivity contribution in [3.63, 3.8) is 0 Å². The highest BCUT2D eigenvalue weighted by molar-refractivity contribution is 5.23. The van der Waals surface area contributed by atoms with E-state index in [-0.39, 0.29) is 11.6 Å². The van der Waals surface area contributed by atoms with Crippen LogP contribution < -0.4 is 5.32 Å². The topological polar surface area (TPSA) is 15.3 Å². The average Bonchev–Trinajstić information content (AvgIpc) is 2.82. The molecule has 0 aromatic heterocycles. The number of piperidine rings is 1. The van der Waals surface area contributed by atoms with Crippen LogP contribution in [0.15, 0.2) is 18.2 Å². The summed E-state index contributed by atoms with van der Waals surface area (Å²) in [6, 6.07) is 4.68. The number of rotatable bonds is 3. The van der Waals surface area contributed by atoms with Gasteiger partial charge in [-0.3, -0.25) is 4.90 Å². The first-order chi connectivity index (χ1) is 9.66. The Morgan fingerprint density at radius 3 is 2.65 bits per heavy atom. The molecule has 0 spiro atoms. The van der Waals surface area contributed by atoms with E-state index in [0.717, 1.165) is 13.0 Å². The van der Waals surface area contributed by atoms with E-state index in [4.69, 9.17) is 0 Å². The first-order valence-corrected chi connectivity index (χ1v) is 7.61. The maximum Gasteiger partial charge on any atom is 0.130 e. The highest BCUT2D eigenvalue weighted by atomic mass is 19.1. The number of hydrogen-bond acceptors (Lipinski definition) is 2. The Labute approximate surface area is 119 Å². The van der Waals surface area contributed by atoms with Crippen molar-refractivity contribution in [3.05, 3.63) is 35.4 Å². The second kappa shape index (κ2) is 5.78. The van der Waals surface area contributed by atoms with Gasteiger partial charge in [-0.15, -0.1) is 0 Å². The number of fused-ring (bicyclic) bond motifs is 1. The molecule has 2 saturated heterocycles. The predicted molar refractivity (Wildman–Crippen MR) is 75.5 cm³/mol. The van der Waals surface area contributed by atoms with Crippen molar-refractivity contribution in [2.24, 2.45) is 0 Å². The Morgan fingerprint density at radius 2 is 1.90 bits per heavy atom. The van der Waals surface area contributed by atoms with Gasteiger partial charge in [-0.1, -0.05) is 12.5 Å². The Bertz CT molecular complexity index is 457. The highest BCUT2D eigenvalue weighted by Gasteiger charge is 2.36. The summed E-state index contributed by atoms with van der Waals surface area (Å²) in [7, 11) is 0. The summed E-state index contributed by atoms with van der Waals surface area (Å²) in [5.74, 6) is -0.910. The largest absolute Gasteiger partial charge is 0.306 e. The molecule has 2 aliphatic heterocycles. The molecular weight excluding hydrogens is 258 g/mol. The molecule has 20 heavy (non-hydrogen) atoms. The van der Waals surface area contributed by atoms with Crippen LogP contribution >= 0.6 is 0 Å². The van der Waals surface area contributed by atoms with Crippen LogP contribution in [0.1, 0.15) is 44.2 Å². The van der Waals surface area contributed by atoms with Crippen LogP contribution in [0.3, 0.4) is 0 Å². The molecule has 1 aromatic rings. The van der Waals surface area contributed by atoms with Crippen molar-refractivity contribution in [3.8, 4) is 0 Å². The van der Waals surface area contributed by atoms with Gasteiger partial charge in [0.25, 0.3) is 0 Å². The van der Waals surface area contributed by atoms with Gasteiger partial charge in [-0.25, -0.2) is 8.78 Å². The molecule has 0 radical (unpaired) electrons. The molecule has 1 N–H and O–H groups in total. The second-order valence-corrected chi connectivity index (χ2v) is 6.02. The molecule has 0 aliphatic carbocycles. The van der Waals surface area contributed by atoms with Crippen molar-refractivity contribution in [1.29, 1.82) is 0 Å². The monoisotopic (exact) mass is 280 g/mol. The highest BCUT2D eigenvalue weighted by Crippen LogP contribution is 2.29. The van der Waals surface area contributed by atoms with E-state index in [0.29, 0.717) is 12.1 Å². The summed E-state index contributed by atoms with van der Waals surface area (Å²) < 4.78 is 27.6. The van der Waals surface area contributed by atoms with E-state index >= 15 is 0 Å². The first kappa shape index (κ1) is 14.0. The lowest BCUT2D eigenvalue weighted by Crippen LogP contribution is -2.45. The summed E-state index contributed by atoms with van der Waals surface area (Å²) in [4.78, 5) is 2.52. The molecule has 4 heteroatoms. The van der Waals surface area contributed by atoms with Crippen LogP contribution in [0.5, 0.6) is 0 Å². The normalized spacial score (nSPS) is 28.4. The molecule has 2 fully saturated rings. The molecule has 0 bridgehead atoms. The van der Waals surface area contributed by atoms with Gasteiger partial charge in [0.1, 0.15) is 11.6 Å². The van der Waals surface area contributed by atoms with Crippen LogP contribution in [-0.2, 0) is 0 Å². The number of benzene rings is 1. The maximum atomic E-state index is 13.8. The van der Waals surface area contributed by atoms with Crippen LogP contribution in [0.4, 0.5) is 8.78 Å². The maximum absolute atomic E-state index is 13.8. The Hall–Kier alpha value is -1.00. The summed E-state index contributed by atoms with van der Waals surface area (Å²) in [5, 5.41) is 3.45. The van der Waals surface area contributed by atoms with Crippen molar-refractivity contribution >= 4 is 0 Å². The van der Waals surface area contributed by atoms with E-state index in [1.54, 1.807) is 0 Å². The van der Waals surface area contributed by atoms with Gasteiger partial charge >= 0.3 is 0 Å². The van der Waals surface area contributed by atoms with Crippen LogP contribution in [-0.4, -0.2) is 30.1 Å². The quantitative estimate of drug-likeness (QED) is 0.914. The predicted octanol–water partition coefficient (Wildman–Crippen LogP) is 3.24. The summed E-state index contributed by atoms with van der Waals surface area (Å²) in [5.41, 5.74) is 0.168. The molecule has 2 aliphatic rings. The molecule has 3 atom stereocenters. The fraction of sp³-hybridized carbons (Fsp3) is 0.625. The zero-order valence-corrected chi connectivity index (χ0v) is 11.9. The van der Waals surface area contributed by atoms with Crippen LogP contribution in [0, 0.1) is 11.6 Å². The Kier molecular flexibility index (Phi) is 4.03. The van der Waals surface area contributed by atoms with Gasteiger partial charge in [-0.05, 0) is 44.9 Å². The zero-order chi connectivity index (χ0) is 14.1. The number of halogens is 2. The molecule has 2 heterocycles. The average molecular weight is 280 g/mol. The molecule has 3 rings (SSSR count). The van der Waals surface area contributed by atoms with Crippen molar-refractivity contribution in [2.75, 3.05) is 13.1 Å². The summed E-state index contributed by atoms with van der Waals surface area (Å²) >= 11 is 0. The van der Waals surface area contributed by atoms with Crippen molar-refractivity contribution in [1.82, 2.24) is 10.2 Å². The van der Waals surface area contributed by atoms with E-state index < -0.39 is 11.6 Å². The van der Waals surface area contributed by atoms with Gasteiger partial charge in [0.05, 0.1) is 0 Å². The third kappa shape index (κ3) is 2.59. The third-order valence-electron chi connectivity index (χ3n) is 4.75. The minimum atomic E-state index is -0.455. The van der Waals surface area contributed by atoms with Gasteiger partial charge in [0.2, 0.25) is 0 Å². The molecule has 0 saturated carbocycles. The molecule has 3 unspecified atom stereocenters. The van der Waals surface area contributed by atoms with E-state index in [1.807, 2.05) is 6.92 Å². The fourth-order valence-corrected chi connectivity index (χ4v) is 3.77. The number of hydrogen-bond donors (Lipinski definition) is 1. The van der Waals surface area contributed by atoms with Crippen molar-refractivity contribution < 1.29 is 8.78 Å². The lowest BCUT2D eigenvalue weighted by Gasteiger charge is -2.34. The first-order valence-electron chi connectivity index (χ1n) is 7.61. The molecule has 2 nitrogen and oxygen atoms in total. The van der Waals surface area contributed by atoms with Gasteiger partial charge in [0, 0.05) is 30.2 Å². The molecule has 0 amide bonds. The Balaban J connectivity index is 1.71. The molecule has 1 aromatic carbocycles. The SMILES string of the molecule is CC(NC1CCN2CCCCC12)c1c(F)cccc1F. The number of nitrogens with one attached hydrogen (secondary N) is 1. The standard InChI is InChI=1S/C16H22F2N2/c1-11(16-12(17)5-4-6-13(16)18)19-14-8-10-20-9-3-2-7-15(14)20/h4-6,11,14-15,19H,2-3,7-10H2,1H3. The third-order valence-corrected chi connectivity index (χ3v) is 4.75. The smallest absolute Gasteiger partial charge is 0.130 e. The lowest BCUT2D eigenvalue weighted by molar-refractivity contribution is 0.177. The zero-order valence-electron chi connectivity index (χ0n) is 11.9. The van der Waals surface area contributed by atoms with Crippen LogP contribution in [0.25, 0.3) is 0 Å². The summed E-state index contributed by atoms with van der Waals surface area (Å²) in [6.07, 6.45) is 4.82. The van der Waals surface area contributed by atoms with Gasteiger partial charge in [0.15, 0.2) is 0 Å². The second-order valence-electron chi connectivity index (χ2n) is 6.02. The van der Waals surface area contributed by atoms with Gasteiger partial charge < -0.3 is 5.32 Å².